The Bertz CT molecular complexity index is 1280. The lowest BCUT2D eigenvalue weighted by atomic mass is 10.0. The molecule has 0 spiro atoms. The molecule has 3 amide bonds. The molecule has 39 heavy (non-hydrogen) atoms. The molecule has 11 nitrogen and oxygen atoms in total. The molecule has 1 unspecified atom stereocenters. The van der Waals surface area contributed by atoms with Gasteiger partial charge in [0.1, 0.15) is 11.6 Å². The zero-order valence-corrected chi connectivity index (χ0v) is 23.7. The van der Waals surface area contributed by atoms with E-state index in [1.54, 1.807) is 23.6 Å². The number of unbranched alkanes of at least 4 members (excludes halogenated alkanes) is 1. The molecule has 2 aliphatic rings. The van der Waals surface area contributed by atoms with Crippen LogP contribution in [0.1, 0.15) is 58.1 Å². The average molecular weight is 544 g/mol. The standard InChI is InChI=1S/C28H41N5O6/c1-28(2,3)39-27(37)30(4)17-20-18-32(14-15-38-20)13-7-6-8-19-9-10-21-23(16-19)31(5)26(36)33(21)22-11-12-24(34)29-25(22)35/h9-10,16,20,22H,6-8,11-15,17-18H2,1-5H3,(H,29,34,35)/t20-,22?/m1/s1. The van der Waals surface area contributed by atoms with Gasteiger partial charge in [-0.25, -0.2) is 9.59 Å². The maximum Gasteiger partial charge on any atom is 0.410 e. The van der Waals surface area contributed by atoms with Crippen molar-refractivity contribution < 1.29 is 23.9 Å². The number of imidazole rings is 1. The number of rotatable bonds is 8. The summed E-state index contributed by atoms with van der Waals surface area (Å²) in [5.74, 6) is -0.723. The first kappa shape index (κ1) is 28.8. The summed E-state index contributed by atoms with van der Waals surface area (Å²) in [5.41, 5.74) is 1.85. The van der Waals surface area contributed by atoms with Crippen molar-refractivity contribution in [3.63, 3.8) is 0 Å². The van der Waals surface area contributed by atoms with Crippen LogP contribution in [-0.2, 0) is 32.5 Å². The summed E-state index contributed by atoms with van der Waals surface area (Å²) < 4.78 is 14.4. The highest BCUT2D eigenvalue weighted by atomic mass is 16.6. The molecule has 1 N–H and O–H groups in total. The second-order valence-electron chi connectivity index (χ2n) is 11.6. The molecular formula is C28H41N5O6. The number of hydrogen-bond acceptors (Lipinski definition) is 7. The normalized spacial score (nSPS) is 20.7. The van der Waals surface area contributed by atoms with E-state index in [4.69, 9.17) is 9.47 Å². The van der Waals surface area contributed by atoms with E-state index in [-0.39, 0.29) is 30.2 Å². The van der Waals surface area contributed by atoms with Gasteiger partial charge < -0.3 is 14.4 Å². The van der Waals surface area contributed by atoms with Crippen LogP contribution in [0.2, 0.25) is 0 Å². The van der Waals surface area contributed by atoms with Crippen molar-refractivity contribution in [1.29, 1.82) is 0 Å². The number of ether oxygens (including phenoxy) is 2. The molecule has 11 heteroatoms. The number of nitrogens with zero attached hydrogens (tertiary/aromatic N) is 4. The fourth-order valence-corrected chi connectivity index (χ4v) is 5.27. The lowest BCUT2D eigenvalue weighted by molar-refractivity contribution is -0.135. The minimum Gasteiger partial charge on any atom is -0.444 e. The van der Waals surface area contributed by atoms with Crippen LogP contribution in [0.4, 0.5) is 4.79 Å². The van der Waals surface area contributed by atoms with Crippen molar-refractivity contribution in [3.8, 4) is 0 Å². The molecule has 214 valence electrons. The van der Waals surface area contributed by atoms with Gasteiger partial charge in [-0.05, 0) is 70.7 Å². The third-order valence-electron chi connectivity index (χ3n) is 7.27. The number of morpholine rings is 1. The third-order valence-corrected chi connectivity index (χ3v) is 7.27. The van der Waals surface area contributed by atoms with Crippen LogP contribution in [0.3, 0.4) is 0 Å². The predicted octanol–water partition coefficient (Wildman–Crippen LogP) is 2.21. The maximum atomic E-state index is 13.0. The Morgan fingerprint density at radius 3 is 2.67 bits per heavy atom. The summed E-state index contributed by atoms with van der Waals surface area (Å²) in [7, 11) is 3.45. The first-order valence-corrected chi connectivity index (χ1v) is 13.7. The Kier molecular flexibility index (Phi) is 8.80. The van der Waals surface area contributed by atoms with Crippen molar-refractivity contribution in [2.75, 3.05) is 39.8 Å². The number of carbonyl (C=O) groups excluding carboxylic acids is 3. The second kappa shape index (κ2) is 11.9. The molecule has 1 aromatic heterocycles. The SMILES string of the molecule is CN(C[C@@H]1CN(CCCCc2ccc3c(c2)n(C)c(=O)n3C2CCC(=O)NC2=O)CCO1)C(=O)OC(C)(C)C. The molecule has 2 aromatic rings. The van der Waals surface area contributed by atoms with Crippen molar-refractivity contribution in [3.05, 3.63) is 34.2 Å². The fourth-order valence-electron chi connectivity index (χ4n) is 5.27. The average Bonchev–Trinajstić information content (AvgIpc) is 3.10. The maximum absolute atomic E-state index is 13.0. The Balaban J connectivity index is 1.29. The van der Waals surface area contributed by atoms with Gasteiger partial charge in [0.05, 0.1) is 30.3 Å². The lowest BCUT2D eigenvalue weighted by Gasteiger charge is -2.35. The van der Waals surface area contributed by atoms with E-state index in [0.717, 1.165) is 50.0 Å². The monoisotopic (exact) mass is 543 g/mol. The van der Waals surface area contributed by atoms with Crippen LogP contribution in [-0.4, -0.2) is 88.4 Å². The first-order chi connectivity index (χ1) is 18.4. The summed E-state index contributed by atoms with van der Waals surface area (Å²) in [6, 6.07) is 5.27. The van der Waals surface area contributed by atoms with Crippen LogP contribution in [0.15, 0.2) is 23.0 Å². The number of nitrogens with one attached hydrogen (secondary N) is 1. The molecule has 2 atom stereocenters. The van der Waals surface area contributed by atoms with Crippen LogP contribution in [0.5, 0.6) is 0 Å². The van der Waals surface area contributed by atoms with Crippen molar-refractivity contribution >= 4 is 28.9 Å². The zero-order chi connectivity index (χ0) is 28.3. The number of likely N-dealkylation sites (N-methyl/N-ethyl adjacent to an activating group) is 1. The van der Waals surface area contributed by atoms with E-state index in [1.807, 2.05) is 39.0 Å². The van der Waals surface area contributed by atoms with Gasteiger partial charge in [0.25, 0.3) is 0 Å². The molecular weight excluding hydrogens is 502 g/mol. The summed E-state index contributed by atoms with van der Waals surface area (Å²) >= 11 is 0. The Morgan fingerprint density at radius 1 is 1.18 bits per heavy atom. The quantitative estimate of drug-likeness (QED) is 0.401. The summed E-state index contributed by atoms with van der Waals surface area (Å²) in [6.07, 6.45) is 3.05. The van der Waals surface area contributed by atoms with Gasteiger partial charge in [0.2, 0.25) is 11.8 Å². The molecule has 3 heterocycles. The minimum atomic E-state index is -0.675. The van der Waals surface area contributed by atoms with Crippen LogP contribution < -0.4 is 11.0 Å². The number of piperidine rings is 1. The van der Waals surface area contributed by atoms with Crippen LogP contribution in [0, 0.1) is 0 Å². The molecule has 4 rings (SSSR count). The molecule has 0 bridgehead atoms. The number of fused-ring (bicyclic) bond motifs is 1. The van der Waals surface area contributed by atoms with Crippen LogP contribution >= 0.6 is 0 Å². The van der Waals surface area contributed by atoms with E-state index >= 15 is 0 Å². The number of carbonyl (C=O) groups is 3. The van der Waals surface area contributed by atoms with Gasteiger partial charge in [-0.2, -0.15) is 0 Å². The van der Waals surface area contributed by atoms with E-state index in [2.05, 4.69) is 10.2 Å². The zero-order valence-electron chi connectivity index (χ0n) is 23.7. The Labute approximate surface area is 229 Å². The first-order valence-electron chi connectivity index (χ1n) is 13.7. The Hall–Kier alpha value is -3.18. The number of aromatic nitrogens is 2. The molecule has 0 saturated carbocycles. The molecule has 0 aliphatic carbocycles. The molecule has 2 aliphatic heterocycles. The van der Waals surface area contributed by atoms with Gasteiger partial charge >= 0.3 is 11.8 Å². The topological polar surface area (TPSA) is 115 Å². The minimum absolute atomic E-state index is 0.0478. The molecule has 2 saturated heterocycles. The second-order valence-corrected chi connectivity index (χ2v) is 11.6. The summed E-state index contributed by atoms with van der Waals surface area (Å²) in [6.45, 7) is 9.29. The van der Waals surface area contributed by atoms with E-state index in [9.17, 15) is 19.2 Å². The number of benzene rings is 1. The summed E-state index contributed by atoms with van der Waals surface area (Å²) in [4.78, 5) is 53.1. The smallest absolute Gasteiger partial charge is 0.410 e. The fraction of sp³-hybridized carbons (Fsp3) is 0.643. The highest BCUT2D eigenvalue weighted by molar-refractivity contribution is 6.00. The highest BCUT2D eigenvalue weighted by Gasteiger charge is 2.31. The van der Waals surface area contributed by atoms with E-state index < -0.39 is 17.6 Å². The van der Waals surface area contributed by atoms with Gasteiger partial charge in [0.15, 0.2) is 0 Å². The van der Waals surface area contributed by atoms with Gasteiger partial charge in [-0.15, -0.1) is 0 Å². The van der Waals surface area contributed by atoms with Crippen LogP contribution in [0.25, 0.3) is 11.0 Å². The number of imide groups is 1. The number of aryl methyl sites for hydroxylation is 2. The van der Waals surface area contributed by atoms with Gasteiger partial charge in [-0.3, -0.25) is 28.9 Å². The van der Waals surface area contributed by atoms with E-state index in [0.29, 0.717) is 25.1 Å². The van der Waals surface area contributed by atoms with E-state index in [1.165, 1.54) is 4.57 Å². The Morgan fingerprint density at radius 2 is 1.95 bits per heavy atom. The van der Waals surface area contributed by atoms with Crippen molar-refractivity contribution in [2.24, 2.45) is 7.05 Å². The number of hydrogen-bond donors (Lipinski definition) is 1. The predicted molar refractivity (Wildman–Crippen MR) is 147 cm³/mol. The van der Waals surface area contributed by atoms with Gasteiger partial charge in [-0.1, -0.05) is 6.07 Å². The van der Waals surface area contributed by atoms with Crippen molar-refractivity contribution in [2.45, 2.75) is 70.6 Å². The third kappa shape index (κ3) is 7.07. The highest BCUT2D eigenvalue weighted by Crippen LogP contribution is 2.24. The summed E-state index contributed by atoms with van der Waals surface area (Å²) in [5, 5.41) is 2.34. The number of amides is 3. The van der Waals surface area contributed by atoms with Gasteiger partial charge in [0, 0.05) is 33.6 Å². The lowest BCUT2D eigenvalue weighted by Crippen LogP contribution is -2.48. The molecule has 2 fully saturated rings. The molecule has 0 radical (unpaired) electrons. The largest absolute Gasteiger partial charge is 0.444 e. The van der Waals surface area contributed by atoms with Crippen molar-refractivity contribution in [1.82, 2.24) is 24.3 Å². The molecule has 1 aromatic carbocycles.